The lowest BCUT2D eigenvalue weighted by Crippen LogP contribution is -2.27. The maximum absolute atomic E-state index is 11.5. The Bertz CT molecular complexity index is 208. The van der Waals surface area contributed by atoms with Gasteiger partial charge in [0.15, 0.2) is 0 Å². The van der Waals surface area contributed by atoms with Crippen molar-refractivity contribution < 1.29 is 9.53 Å². The van der Waals surface area contributed by atoms with Gasteiger partial charge in [-0.15, -0.1) is 0 Å². The minimum absolute atomic E-state index is 0.205. The number of amides is 1. The van der Waals surface area contributed by atoms with Crippen molar-refractivity contribution in [2.45, 2.75) is 51.0 Å². The number of rotatable bonds is 5. The minimum Gasteiger partial charge on any atom is -0.371 e. The van der Waals surface area contributed by atoms with Crippen molar-refractivity contribution in [3.63, 3.8) is 0 Å². The molecule has 0 bridgehead atoms. The molecule has 0 spiro atoms. The van der Waals surface area contributed by atoms with Crippen LogP contribution in [0.1, 0.15) is 44.9 Å². The van der Waals surface area contributed by atoms with Crippen LogP contribution in [0.5, 0.6) is 0 Å². The number of hydrogen-bond donors (Lipinski definition) is 1. The Labute approximate surface area is 91.6 Å². The van der Waals surface area contributed by atoms with E-state index in [1.54, 1.807) is 0 Å². The maximum atomic E-state index is 11.5. The molecule has 1 N–H and O–H groups in total. The van der Waals surface area contributed by atoms with Crippen molar-refractivity contribution in [1.82, 2.24) is 5.32 Å². The lowest BCUT2D eigenvalue weighted by atomic mass is 9.86. The van der Waals surface area contributed by atoms with Crippen LogP contribution in [0.3, 0.4) is 0 Å². The summed E-state index contributed by atoms with van der Waals surface area (Å²) in [6.45, 7) is 1.53. The zero-order chi connectivity index (χ0) is 10.5. The molecule has 1 saturated heterocycles. The first kappa shape index (κ1) is 10.9. The number of ether oxygens (including phenoxy) is 1. The van der Waals surface area contributed by atoms with E-state index < -0.39 is 0 Å². The molecule has 1 aliphatic heterocycles. The molecule has 2 aliphatic rings. The van der Waals surface area contributed by atoms with Crippen molar-refractivity contribution >= 4 is 5.91 Å². The van der Waals surface area contributed by atoms with Gasteiger partial charge in [-0.1, -0.05) is 32.1 Å². The molecule has 0 aromatic rings. The molecule has 2 rings (SSSR count). The number of carbonyl (C=O) groups is 1. The second-order valence-corrected chi connectivity index (χ2v) is 4.80. The number of hydrogen-bond acceptors (Lipinski definition) is 2. The van der Waals surface area contributed by atoms with Gasteiger partial charge in [0.2, 0.25) is 5.91 Å². The first-order valence-electron chi connectivity index (χ1n) is 6.23. The number of nitrogens with one attached hydrogen (secondary N) is 1. The van der Waals surface area contributed by atoms with Crippen LogP contribution in [0.25, 0.3) is 0 Å². The van der Waals surface area contributed by atoms with E-state index >= 15 is 0 Å². The summed E-state index contributed by atoms with van der Waals surface area (Å²) in [5.74, 6) is 1.01. The smallest absolute Gasteiger partial charge is 0.220 e. The van der Waals surface area contributed by atoms with Crippen LogP contribution in [0.15, 0.2) is 0 Å². The Morgan fingerprint density at radius 1 is 1.27 bits per heavy atom. The van der Waals surface area contributed by atoms with Crippen LogP contribution < -0.4 is 5.32 Å². The largest absolute Gasteiger partial charge is 0.371 e. The molecule has 3 nitrogen and oxygen atoms in total. The molecule has 2 fully saturated rings. The third-order valence-electron chi connectivity index (χ3n) is 3.43. The molecule has 15 heavy (non-hydrogen) atoms. The van der Waals surface area contributed by atoms with Gasteiger partial charge in [0.25, 0.3) is 0 Å². The van der Waals surface area contributed by atoms with E-state index in [1.165, 1.54) is 32.1 Å². The van der Waals surface area contributed by atoms with Crippen molar-refractivity contribution in [2.24, 2.45) is 5.92 Å². The van der Waals surface area contributed by atoms with E-state index in [1.807, 2.05) is 0 Å². The van der Waals surface area contributed by atoms with E-state index in [2.05, 4.69) is 5.32 Å². The average Bonchev–Trinajstić information content (AvgIpc) is 3.09. The first-order chi connectivity index (χ1) is 7.34. The Hall–Kier alpha value is -0.570. The minimum atomic E-state index is 0.205. The van der Waals surface area contributed by atoms with Gasteiger partial charge in [0.1, 0.15) is 0 Å². The molecule has 1 unspecified atom stereocenters. The molecule has 1 heterocycles. The summed E-state index contributed by atoms with van der Waals surface area (Å²) in [5.41, 5.74) is 0. The van der Waals surface area contributed by atoms with Gasteiger partial charge in [-0.25, -0.2) is 0 Å². The number of epoxide rings is 1. The zero-order valence-electron chi connectivity index (χ0n) is 9.34. The molecule has 3 heteroatoms. The highest BCUT2D eigenvalue weighted by Gasteiger charge is 2.22. The highest BCUT2D eigenvalue weighted by Crippen LogP contribution is 2.27. The van der Waals surface area contributed by atoms with Crippen LogP contribution in [-0.4, -0.2) is 25.2 Å². The summed E-state index contributed by atoms with van der Waals surface area (Å²) in [6, 6.07) is 0. The molecule has 1 saturated carbocycles. The normalized spacial score (nSPS) is 26.3. The second kappa shape index (κ2) is 5.50. The van der Waals surface area contributed by atoms with Crippen LogP contribution in [0.4, 0.5) is 0 Å². The summed E-state index contributed by atoms with van der Waals surface area (Å²) in [4.78, 5) is 11.5. The van der Waals surface area contributed by atoms with E-state index in [-0.39, 0.29) is 5.91 Å². The molecule has 1 amide bonds. The maximum Gasteiger partial charge on any atom is 0.220 e. The van der Waals surface area contributed by atoms with Gasteiger partial charge in [-0.2, -0.15) is 0 Å². The average molecular weight is 211 g/mol. The van der Waals surface area contributed by atoms with Gasteiger partial charge in [0.05, 0.1) is 12.7 Å². The van der Waals surface area contributed by atoms with E-state index in [4.69, 9.17) is 4.74 Å². The zero-order valence-corrected chi connectivity index (χ0v) is 9.34. The Morgan fingerprint density at radius 3 is 2.67 bits per heavy atom. The summed E-state index contributed by atoms with van der Waals surface area (Å²) >= 11 is 0. The van der Waals surface area contributed by atoms with Crippen LogP contribution in [0.2, 0.25) is 0 Å². The topological polar surface area (TPSA) is 41.6 Å². The van der Waals surface area contributed by atoms with Crippen molar-refractivity contribution in [2.75, 3.05) is 13.2 Å². The van der Waals surface area contributed by atoms with Gasteiger partial charge < -0.3 is 10.1 Å². The fourth-order valence-electron chi connectivity index (χ4n) is 2.31. The fourth-order valence-corrected chi connectivity index (χ4v) is 2.31. The van der Waals surface area contributed by atoms with Gasteiger partial charge >= 0.3 is 0 Å². The predicted octanol–water partition coefficient (Wildman–Crippen LogP) is 1.86. The van der Waals surface area contributed by atoms with Crippen LogP contribution in [0, 0.1) is 5.92 Å². The van der Waals surface area contributed by atoms with Gasteiger partial charge in [-0.3, -0.25) is 4.79 Å². The third kappa shape index (κ3) is 4.20. The molecular formula is C12H21NO2. The van der Waals surface area contributed by atoms with Crippen molar-refractivity contribution in [1.29, 1.82) is 0 Å². The third-order valence-corrected chi connectivity index (χ3v) is 3.43. The summed E-state index contributed by atoms with van der Waals surface area (Å²) in [6.07, 6.45) is 8.88. The lowest BCUT2D eigenvalue weighted by molar-refractivity contribution is -0.121. The lowest BCUT2D eigenvalue weighted by Gasteiger charge is -2.20. The van der Waals surface area contributed by atoms with Crippen LogP contribution in [-0.2, 0) is 9.53 Å². The molecule has 86 valence electrons. The SMILES string of the molecule is O=C(CCC1CCCCC1)NCC1CO1. The molecule has 0 aromatic heterocycles. The van der Waals surface area contributed by atoms with Gasteiger partial charge in [0, 0.05) is 13.0 Å². The quantitative estimate of drug-likeness (QED) is 0.705. The second-order valence-electron chi connectivity index (χ2n) is 4.80. The van der Waals surface area contributed by atoms with Crippen molar-refractivity contribution in [3.05, 3.63) is 0 Å². The number of carbonyl (C=O) groups excluding carboxylic acids is 1. The van der Waals surface area contributed by atoms with Crippen molar-refractivity contribution in [3.8, 4) is 0 Å². The standard InChI is InChI=1S/C12H21NO2/c14-12(13-8-11-9-15-11)7-6-10-4-2-1-3-5-10/h10-11H,1-9H2,(H,13,14). The van der Waals surface area contributed by atoms with Gasteiger partial charge in [-0.05, 0) is 12.3 Å². The monoisotopic (exact) mass is 211 g/mol. The van der Waals surface area contributed by atoms with E-state index in [0.29, 0.717) is 19.1 Å². The molecule has 0 radical (unpaired) electrons. The first-order valence-corrected chi connectivity index (χ1v) is 6.23. The highest BCUT2D eigenvalue weighted by atomic mass is 16.6. The highest BCUT2D eigenvalue weighted by molar-refractivity contribution is 5.75. The fraction of sp³-hybridized carbons (Fsp3) is 0.917. The summed E-state index contributed by atoms with van der Waals surface area (Å²) in [5, 5.41) is 2.92. The Morgan fingerprint density at radius 2 is 2.00 bits per heavy atom. The summed E-state index contributed by atoms with van der Waals surface area (Å²) in [7, 11) is 0. The molecule has 1 aliphatic carbocycles. The molecular weight excluding hydrogens is 190 g/mol. The molecule has 0 aromatic carbocycles. The van der Waals surface area contributed by atoms with Crippen LogP contribution >= 0.6 is 0 Å². The Balaban J connectivity index is 1.53. The Kier molecular flexibility index (Phi) is 4.01. The summed E-state index contributed by atoms with van der Waals surface area (Å²) < 4.78 is 5.04. The molecule has 1 atom stereocenters. The van der Waals surface area contributed by atoms with E-state index in [0.717, 1.165) is 18.9 Å². The predicted molar refractivity (Wildman–Crippen MR) is 58.6 cm³/mol. The van der Waals surface area contributed by atoms with E-state index in [9.17, 15) is 4.79 Å².